The molecule has 0 radical (unpaired) electrons. The molecule has 0 unspecified atom stereocenters. The summed E-state index contributed by atoms with van der Waals surface area (Å²) in [6.45, 7) is 2.70. The number of nitrogens with one attached hydrogen (secondary N) is 1. The lowest BCUT2D eigenvalue weighted by Crippen LogP contribution is -2.13. The van der Waals surface area contributed by atoms with Gasteiger partial charge in [-0.3, -0.25) is 0 Å². The zero-order chi connectivity index (χ0) is 12.9. The van der Waals surface area contributed by atoms with Crippen molar-refractivity contribution in [2.24, 2.45) is 0 Å². The van der Waals surface area contributed by atoms with Crippen LogP contribution < -0.4 is 14.8 Å². The number of hydrogen-bond donors (Lipinski definition) is 1. The van der Waals surface area contributed by atoms with Gasteiger partial charge in [-0.1, -0.05) is 11.2 Å². The van der Waals surface area contributed by atoms with E-state index in [-0.39, 0.29) is 0 Å². The molecule has 2 aromatic rings. The van der Waals surface area contributed by atoms with E-state index in [2.05, 4.69) is 20.0 Å². The number of fused-ring (bicyclic) bond motifs is 1. The van der Waals surface area contributed by atoms with E-state index in [4.69, 9.17) is 9.47 Å². The van der Waals surface area contributed by atoms with Gasteiger partial charge in [-0.05, 0) is 17.7 Å². The van der Waals surface area contributed by atoms with Crippen molar-refractivity contribution in [3.05, 3.63) is 36.0 Å². The fourth-order valence-corrected chi connectivity index (χ4v) is 1.91. The summed E-state index contributed by atoms with van der Waals surface area (Å²) in [6.07, 6.45) is 2.24. The summed E-state index contributed by atoms with van der Waals surface area (Å²) in [7, 11) is 0. The second-order valence-electron chi connectivity index (χ2n) is 4.28. The van der Waals surface area contributed by atoms with Crippen molar-refractivity contribution < 1.29 is 14.0 Å². The molecule has 0 saturated heterocycles. The maximum Gasteiger partial charge on any atom is 0.213 e. The maximum absolute atomic E-state index is 5.65. The van der Waals surface area contributed by atoms with Gasteiger partial charge in [0.25, 0.3) is 0 Å². The molecule has 0 aliphatic carbocycles. The summed E-state index contributed by atoms with van der Waals surface area (Å²) < 4.78 is 15.9. The van der Waals surface area contributed by atoms with E-state index < -0.39 is 0 Å². The molecule has 6 heteroatoms. The predicted octanol–water partition coefficient (Wildman–Crippen LogP) is 1.52. The van der Waals surface area contributed by atoms with Gasteiger partial charge in [0.05, 0.1) is 19.8 Å². The number of aromatic nitrogens is 2. The molecule has 0 saturated carbocycles. The molecule has 1 N–H and O–H groups in total. The molecule has 19 heavy (non-hydrogen) atoms. The molecule has 0 atom stereocenters. The van der Waals surface area contributed by atoms with E-state index >= 15 is 0 Å². The van der Waals surface area contributed by atoms with E-state index in [0.717, 1.165) is 23.5 Å². The topological polar surface area (TPSA) is 69.4 Å². The SMILES string of the molecule is c1nc(CNCc2ccc3c(c2)OCCCO3)no1. The van der Waals surface area contributed by atoms with Gasteiger partial charge in [0, 0.05) is 13.0 Å². The van der Waals surface area contributed by atoms with Crippen LogP contribution >= 0.6 is 0 Å². The molecule has 6 nitrogen and oxygen atoms in total. The largest absolute Gasteiger partial charge is 0.490 e. The van der Waals surface area contributed by atoms with Crippen LogP contribution in [0.3, 0.4) is 0 Å². The van der Waals surface area contributed by atoms with Crippen molar-refractivity contribution in [3.63, 3.8) is 0 Å². The minimum atomic E-state index is 0.574. The van der Waals surface area contributed by atoms with Crippen LogP contribution in [0, 0.1) is 0 Å². The van der Waals surface area contributed by atoms with Gasteiger partial charge in [-0.2, -0.15) is 4.98 Å². The van der Waals surface area contributed by atoms with Gasteiger partial charge in [0.15, 0.2) is 17.3 Å². The average molecular weight is 261 g/mol. The molecule has 1 aromatic carbocycles. The van der Waals surface area contributed by atoms with Gasteiger partial charge in [-0.15, -0.1) is 0 Å². The predicted molar refractivity (Wildman–Crippen MR) is 66.9 cm³/mol. The lowest BCUT2D eigenvalue weighted by molar-refractivity contribution is 0.297. The lowest BCUT2D eigenvalue weighted by Gasteiger charge is -2.09. The first kappa shape index (κ1) is 12.0. The summed E-state index contributed by atoms with van der Waals surface area (Å²) in [5.74, 6) is 2.28. The Morgan fingerprint density at radius 1 is 1.11 bits per heavy atom. The molecule has 0 bridgehead atoms. The van der Waals surface area contributed by atoms with Crippen LogP contribution in [0.1, 0.15) is 17.8 Å². The van der Waals surface area contributed by atoms with Crippen LogP contribution in [-0.4, -0.2) is 23.4 Å². The second-order valence-corrected chi connectivity index (χ2v) is 4.28. The number of hydrogen-bond acceptors (Lipinski definition) is 6. The molecule has 0 fully saturated rings. The van der Waals surface area contributed by atoms with Gasteiger partial charge in [0.1, 0.15) is 0 Å². The van der Waals surface area contributed by atoms with Crippen LogP contribution in [0.4, 0.5) is 0 Å². The summed E-state index contributed by atoms with van der Waals surface area (Å²) in [5, 5.41) is 6.98. The van der Waals surface area contributed by atoms with Crippen LogP contribution in [0.25, 0.3) is 0 Å². The Hall–Kier alpha value is -2.08. The molecule has 0 amide bonds. The Morgan fingerprint density at radius 2 is 2.00 bits per heavy atom. The number of benzene rings is 1. The molecule has 0 spiro atoms. The fraction of sp³-hybridized carbons (Fsp3) is 0.385. The zero-order valence-electron chi connectivity index (χ0n) is 10.5. The third-order valence-electron chi connectivity index (χ3n) is 2.83. The Bertz CT molecular complexity index is 528. The summed E-state index contributed by atoms with van der Waals surface area (Å²) in [5.41, 5.74) is 1.13. The Kier molecular flexibility index (Phi) is 3.60. The van der Waals surface area contributed by atoms with E-state index in [1.807, 2.05) is 18.2 Å². The average Bonchev–Trinajstić information content (AvgIpc) is 2.83. The van der Waals surface area contributed by atoms with E-state index in [1.165, 1.54) is 6.39 Å². The Morgan fingerprint density at radius 3 is 2.84 bits per heavy atom. The number of nitrogens with zero attached hydrogens (tertiary/aromatic N) is 2. The second kappa shape index (κ2) is 5.71. The molecular weight excluding hydrogens is 246 g/mol. The molecular formula is C13H15N3O3. The van der Waals surface area contributed by atoms with Crippen LogP contribution in [0.5, 0.6) is 11.5 Å². The van der Waals surface area contributed by atoms with Crippen molar-refractivity contribution in [2.75, 3.05) is 13.2 Å². The third kappa shape index (κ3) is 3.03. The molecule has 2 heterocycles. The fourth-order valence-electron chi connectivity index (χ4n) is 1.91. The Balaban J connectivity index is 1.60. The molecule has 1 aliphatic heterocycles. The summed E-state index contributed by atoms with van der Waals surface area (Å²) in [6, 6.07) is 5.98. The Labute approximate surface area is 110 Å². The normalized spacial score (nSPS) is 14.1. The quantitative estimate of drug-likeness (QED) is 0.900. The van der Waals surface area contributed by atoms with E-state index in [9.17, 15) is 0 Å². The van der Waals surface area contributed by atoms with Crippen molar-refractivity contribution in [3.8, 4) is 11.5 Å². The first-order valence-corrected chi connectivity index (χ1v) is 6.26. The highest BCUT2D eigenvalue weighted by Crippen LogP contribution is 2.30. The van der Waals surface area contributed by atoms with Crippen LogP contribution in [0.2, 0.25) is 0 Å². The summed E-state index contributed by atoms with van der Waals surface area (Å²) >= 11 is 0. The number of rotatable bonds is 4. The highest BCUT2D eigenvalue weighted by atomic mass is 16.5. The molecule has 100 valence electrons. The zero-order valence-corrected chi connectivity index (χ0v) is 10.5. The van der Waals surface area contributed by atoms with E-state index in [1.54, 1.807) is 0 Å². The van der Waals surface area contributed by atoms with Gasteiger partial charge in [0.2, 0.25) is 6.39 Å². The van der Waals surface area contributed by atoms with Gasteiger partial charge in [-0.25, -0.2) is 0 Å². The van der Waals surface area contributed by atoms with E-state index in [0.29, 0.717) is 32.1 Å². The minimum absolute atomic E-state index is 0.574. The minimum Gasteiger partial charge on any atom is -0.490 e. The molecule has 1 aliphatic rings. The molecule has 1 aromatic heterocycles. The standard InChI is InChI=1S/C13H15N3O3/c1-4-17-11-3-2-10(6-12(11)18-5-1)7-14-8-13-15-9-19-16-13/h2-3,6,9,14H,1,4-5,7-8H2. The van der Waals surface area contributed by atoms with Crippen LogP contribution in [-0.2, 0) is 13.1 Å². The highest BCUT2D eigenvalue weighted by molar-refractivity contribution is 5.43. The van der Waals surface area contributed by atoms with Gasteiger partial charge < -0.3 is 19.3 Å². The highest BCUT2D eigenvalue weighted by Gasteiger charge is 2.10. The van der Waals surface area contributed by atoms with Crippen molar-refractivity contribution in [1.82, 2.24) is 15.5 Å². The van der Waals surface area contributed by atoms with Crippen molar-refractivity contribution >= 4 is 0 Å². The third-order valence-corrected chi connectivity index (χ3v) is 2.83. The monoisotopic (exact) mass is 261 g/mol. The van der Waals surface area contributed by atoms with Gasteiger partial charge >= 0.3 is 0 Å². The molecule has 3 rings (SSSR count). The van der Waals surface area contributed by atoms with Crippen molar-refractivity contribution in [1.29, 1.82) is 0 Å². The first-order valence-electron chi connectivity index (χ1n) is 6.26. The number of ether oxygens (including phenoxy) is 2. The first-order chi connectivity index (χ1) is 9.42. The smallest absolute Gasteiger partial charge is 0.213 e. The maximum atomic E-state index is 5.65. The van der Waals surface area contributed by atoms with Crippen LogP contribution in [0.15, 0.2) is 29.1 Å². The lowest BCUT2D eigenvalue weighted by atomic mass is 10.2. The summed E-state index contributed by atoms with van der Waals surface area (Å²) in [4.78, 5) is 3.95. The van der Waals surface area contributed by atoms with Crippen molar-refractivity contribution in [2.45, 2.75) is 19.5 Å².